The molecule has 2 N–H and O–H groups in total. The Morgan fingerprint density at radius 2 is 2.28 bits per heavy atom. The number of carbonyl (C=O) groups excluding carboxylic acids is 1. The first kappa shape index (κ1) is 12.8. The van der Waals surface area contributed by atoms with Crippen LogP contribution >= 0.6 is 15.9 Å². The van der Waals surface area contributed by atoms with Crippen LogP contribution in [0.2, 0.25) is 0 Å². The highest BCUT2D eigenvalue weighted by Gasteiger charge is 2.12. The van der Waals surface area contributed by atoms with Crippen molar-refractivity contribution >= 4 is 32.7 Å². The molecule has 0 aliphatic heterocycles. The first-order chi connectivity index (χ1) is 8.49. The summed E-state index contributed by atoms with van der Waals surface area (Å²) in [5.41, 5.74) is 5.64. The van der Waals surface area contributed by atoms with Gasteiger partial charge >= 0.3 is 0 Å². The smallest absolute Gasteiger partial charge is 0.261 e. The zero-order valence-electron chi connectivity index (χ0n) is 9.76. The Balaban J connectivity index is 2.49. The first-order valence-corrected chi connectivity index (χ1v) is 6.22. The predicted molar refractivity (Wildman–Crippen MR) is 72.1 cm³/mol. The zero-order chi connectivity index (χ0) is 13.3. The van der Waals surface area contributed by atoms with E-state index in [0.717, 1.165) is 4.47 Å². The van der Waals surface area contributed by atoms with Crippen molar-refractivity contribution in [1.82, 2.24) is 9.55 Å². The number of hydrogen-bond donors (Lipinski definition) is 1. The van der Waals surface area contributed by atoms with E-state index in [2.05, 4.69) is 20.9 Å². The molecule has 18 heavy (non-hydrogen) atoms. The minimum atomic E-state index is -0.433. The molecule has 0 aliphatic carbocycles. The highest BCUT2D eigenvalue weighted by atomic mass is 79.9. The third-order valence-corrected chi connectivity index (χ3v) is 3.24. The van der Waals surface area contributed by atoms with E-state index in [9.17, 15) is 9.59 Å². The van der Waals surface area contributed by atoms with Crippen LogP contribution in [-0.4, -0.2) is 15.5 Å². The quantitative estimate of drug-likeness (QED) is 0.927. The SMILES string of the molecule is CC(Cn1cnc2cc(Br)ccc2c1=O)C(N)=O. The lowest BCUT2D eigenvalue weighted by atomic mass is 10.1. The number of amides is 1. The molecular formula is C12H12BrN3O2. The Labute approximate surface area is 112 Å². The minimum Gasteiger partial charge on any atom is -0.369 e. The summed E-state index contributed by atoms with van der Waals surface area (Å²) >= 11 is 3.32. The van der Waals surface area contributed by atoms with Crippen LogP contribution in [0.3, 0.4) is 0 Å². The van der Waals surface area contributed by atoms with Crippen LogP contribution in [0.5, 0.6) is 0 Å². The molecule has 1 aromatic carbocycles. The second-order valence-electron chi connectivity index (χ2n) is 4.17. The van der Waals surface area contributed by atoms with Gasteiger partial charge < -0.3 is 5.73 Å². The lowest BCUT2D eigenvalue weighted by molar-refractivity contribution is -0.121. The number of rotatable bonds is 3. The van der Waals surface area contributed by atoms with E-state index in [1.165, 1.54) is 10.9 Å². The molecule has 0 spiro atoms. The first-order valence-electron chi connectivity index (χ1n) is 5.43. The number of hydrogen-bond acceptors (Lipinski definition) is 3. The number of benzene rings is 1. The lowest BCUT2D eigenvalue weighted by Gasteiger charge is -2.10. The van der Waals surface area contributed by atoms with E-state index in [4.69, 9.17) is 5.73 Å². The third-order valence-electron chi connectivity index (χ3n) is 2.74. The topological polar surface area (TPSA) is 78.0 Å². The molecule has 1 atom stereocenters. The van der Waals surface area contributed by atoms with E-state index >= 15 is 0 Å². The number of fused-ring (bicyclic) bond motifs is 1. The molecule has 0 saturated carbocycles. The van der Waals surface area contributed by atoms with Gasteiger partial charge in [0.05, 0.1) is 23.1 Å². The maximum Gasteiger partial charge on any atom is 0.261 e. The third kappa shape index (κ3) is 2.43. The summed E-state index contributed by atoms with van der Waals surface area (Å²) in [5, 5.41) is 0.525. The van der Waals surface area contributed by atoms with Crippen LogP contribution in [-0.2, 0) is 11.3 Å². The molecule has 0 bridgehead atoms. The fraction of sp³-hybridized carbons (Fsp3) is 0.250. The van der Waals surface area contributed by atoms with Crippen LogP contribution in [0.15, 0.2) is 33.8 Å². The summed E-state index contributed by atoms with van der Waals surface area (Å²) in [5.74, 6) is -0.838. The van der Waals surface area contributed by atoms with E-state index in [1.54, 1.807) is 25.1 Å². The van der Waals surface area contributed by atoms with Gasteiger partial charge in [0.1, 0.15) is 0 Å². The lowest BCUT2D eigenvalue weighted by Crippen LogP contribution is -2.30. The van der Waals surface area contributed by atoms with Crippen LogP contribution in [0.4, 0.5) is 0 Å². The molecule has 94 valence electrons. The minimum absolute atomic E-state index is 0.166. The average molecular weight is 310 g/mol. The summed E-state index contributed by atoms with van der Waals surface area (Å²) < 4.78 is 2.27. The van der Waals surface area contributed by atoms with Crippen LogP contribution in [0.1, 0.15) is 6.92 Å². The van der Waals surface area contributed by atoms with Crippen molar-refractivity contribution in [2.24, 2.45) is 11.7 Å². The summed E-state index contributed by atoms with van der Waals surface area (Å²) in [6.07, 6.45) is 1.44. The Morgan fingerprint density at radius 3 is 2.94 bits per heavy atom. The number of carbonyl (C=O) groups is 1. The maximum absolute atomic E-state index is 12.2. The van der Waals surface area contributed by atoms with Gasteiger partial charge in [-0.05, 0) is 18.2 Å². The van der Waals surface area contributed by atoms with Gasteiger partial charge in [0, 0.05) is 11.0 Å². The highest BCUT2D eigenvalue weighted by Crippen LogP contribution is 2.15. The molecule has 6 heteroatoms. The van der Waals surface area contributed by atoms with Crippen LogP contribution in [0.25, 0.3) is 10.9 Å². The van der Waals surface area contributed by atoms with Gasteiger partial charge in [-0.2, -0.15) is 0 Å². The molecule has 1 unspecified atom stereocenters. The van der Waals surface area contributed by atoms with Gasteiger partial charge in [-0.15, -0.1) is 0 Å². The molecule has 0 aliphatic rings. The Morgan fingerprint density at radius 1 is 1.56 bits per heavy atom. The Hall–Kier alpha value is -1.69. The Kier molecular flexibility index (Phi) is 3.47. The normalized spacial score (nSPS) is 12.6. The van der Waals surface area contributed by atoms with Crippen molar-refractivity contribution in [3.05, 3.63) is 39.4 Å². The van der Waals surface area contributed by atoms with Crippen LogP contribution < -0.4 is 11.3 Å². The van der Waals surface area contributed by atoms with E-state index in [-0.39, 0.29) is 12.1 Å². The van der Waals surface area contributed by atoms with Crippen molar-refractivity contribution in [2.75, 3.05) is 0 Å². The average Bonchev–Trinajstić information content (AvgIpc) is 2.32. The van der Waals surface area contributed by atoms with Gasteiger partial charge in [0.25, 0.3) is 5.56 Å². The monoisotopic (exact) mass is 309 g/mol. The maximum atomic E-state index is 12.2. The molecule has 1 aromatic heterocycles. The molecule has 2 rings (SSSR count). The van der Waals surface area contributed by atoms with Gasteiger partial charge in [-0.3, -0.25) is 14.2 Å². The second-order valence-corrected chi connectivity index (χ2v) is 5.08. The van der Waals surface area contributed by atoms with Crippen molar-refractivity contribution in [3.8, 4) is 0 Å². The fourth-order valence-electron chi connectivity index (χ4n) is 1.65. The molecule has 1 amide bonds. The molecule has 5 nitrogen and oxygen atoms in total. The summed E-state index contributed by atoms with van der Waals surface area (Å²) in [6.45, 7) is 1.92. The number of nitrogens with two attached hydrogens (primary N) is 1. The van der Waals surface area contributed by atoms with E-state index < -0.39 is 11.8 Å². The van der Waals surface area contributed by atoms with Crippen molar-refractivity contribution in [3.63, 3.8) is 0 Å². The molecule has 0 saturated heterocycles. The number of nitrogens with zero attached hydrogens (tertiary/aromatic N) is 2. The van der Waals surface area contributed by atoms with Gasteiger partial charge in [-0.25, -0.2) is 4.98 Å². The zero-order valence-corrected chi connectivity index (χ0v) is 11.3. The largest absolute Gasteiger partial charge is 0.369 e. The predicted octanol–water partition coefficient (Wildman–Crippen LogP) is 1.28. The van der Waals surface area contributed by atoms with Gasteiger partial charge in [0.2, 0.25) is 5.91 Å². The fourth-order valence-corrected chi connectivity index (χ4v) is 2.00. The standard InChI is InChI=1S/C12H12BrN3O2/c1-7(11(14)17)5-16-6-15-10-4-8(13)2-3-9(10)12(16)18/h2-4,6-7H,5H2,1H3,(H2,14,17). The molecule has 1 heterocycles. The molecule has 0 radical (unpaired) electrons. The van der Waals surface area contributed by atoms with Crippen molar-refractivity contribution in [2.45, 2.75) is 13.5 Å². The highest BCUT2D eigenvalue weighted by molar-refractivity contribution is 9.10. The van der Waals surface area contributed by atoms with Crippen molar-refractivity contribution in [1.29, 1.82) is 0 Å². The molecule has 0 fully saturated rings. The van der Waals surface area contributed by atoms with Gasteiger partial charge in [0.15, 0.2) is 0 Å². The summed E-state index contributed by atoms with van der Waals surface area (Å²) in [6, 6.07) is 5.27. The number of primary amides is 1. The summed E-state index contributed by atoms with van der Waals surface area (Å²) in [7, 11) is 0. The molecule has 2 aromatic rings. The number of aromatic nitrogens is 2. The Bertz CT molecular complexity index is 666. The van der Waals surface area contributed by atoms with Crippen molar-refractivity contribution < 1.29 is 4.79 Å². The summed E-state index contributed by atoms with van der Waals surface area (Å²) in [4.78, 5) is 27.4. The second kappa shape index (κ2) is 4.89. The van der Waals surface area contributed by atoms with Crippen LogP contribution in [0, 0.1) is 5.92 Å². The molecular weight excluding hydrogens is 298 g/mol. The van der Waals surface area contributed by atoms with Gasteiger partial charge in [-0.1, -0.05) is 22.9 Å². The number of halogens is 1. The van der Waals surface area contributed by atoms with E-state index in [0.29, 0.717) is 10.9 Å². The van der Waals surface area contributed by atoms with E-state index in [1.807, 2.05) is 0 Å².